The number of aryl methyl sites for hydroxylation is 2. The third-order valence-electron chi connectivity index (χ3n) is 3.85. The van der Waals surface area contributed by atoms with Crippen LogP contribution in [-0.4, -0.2) is 31.8 Å². The van der Waals surface area contributed by atoms with Crippen LogP contribution >= 0.6 is 0 Å². The normalized spacial score (nSPS) is 10.4. The molecule has 0 aromatic carbocycles. The summed E-state index contributed by atoms with van der Waals surface area (Å²) in [5, 5.41) is 18.4. The molecular formula is C19H19N7O2. The topological polar surface area (TPSA) is 130 Å². The van der Waals surface area contributed by atoms with Crippen LogP contribution in [-0.2, 0) is 6.42 Å². The number of amides is 1. The molecule has 3 heterocycles. The summed E-state index contributed by atoms with van der Waals surface area (Å²) in [4.78, 5) is 25.2. The lowest BCUT2D eigenvalue weighted by Crippen LogP contribution is -2.29. The molecule has 9 nitrogen and oxygen atoms in total. The van der Waals surface area contributed by atoms with E-state index in [1.54, 1.807) is 19.1 Å². The van der Waals surface area contributed by atoms with Crippen LogP contribution in [0.4, 0.5) is 5.82 Å². The molecule has 3 rings (SSSR count). The molecule has 3 aromatic heterocycles. The van der Waals surface area contributed by atoms with Gasteiger partial charge in [0.15, 0.2) is 5.75 Å². The van der Waals surface area contributed by atoms with Gasteiger partial charge >= 0.3 is 0 Å². The fourth-order valence-electron chi connectivity index (χ4n) is 2.42. The van der Waals surface area contributed by atoms with E-state index < -0.39 is 5.91 Å². The van der Waals surface area contributed by atoms with E-state index in [1.807, 2.05) is 13.0 Å². The highest BCUT2D eigenvalue weighted by atomic mass is 16.5. The number of aromatic nitrogens is 4. The zero-order valence-corrected chi connectivity index (χ0v) is 15.4. The Kier molecular flexibility index (Phi) is 5.54. The minimum Gasteiger partial charge on any atom is -0.453 e. The molecule has 0 saturated carbocycles. The summed E-state index contributed by atoms with van der Waals surface area (Å²) in [5.41, 5.74) is 0.735. The Labute approximate surface area is 161 Å². The van der Waals surface area contributed by atoms with Crippen molar-refractivity contribution in [1.29, 1.82) is 10.8 Å². The average molecular weight is 377 g/mol. The van der Waals surface area contributed by atoms with Crippen molar-refractivity contribution in [1.82, 2.24) is 19.5 Å². The Morgan fingerprint density at radius 3 is 2.71 bits per heavy atom. The van der Waals surface area contributed by atoms with Gasteiger partial charge in [-0.3, -0.25) is 20.2 Å². The summed E-state index contributed by atoms with van der Waals surface area (Å²) >= 11 is 0. The van der Waals surface area contributed by atoms with Crippen molar-refractivity contribution in [2.75, 3.05) is 5.32 Å². The van der Waals surface area contributed by atoms with Gasteiger partial charge in [-0.25, -0.2) is 15.0 Å². The molecule has 3 aromatic rings. The second kappa shape index (κ2) is 8.21. The van der Waals surface area contributed by atoms with E-state index in [0.29, 0.717) is 17.4 Å². The first-order valence-corrected chi connectivity index (χ1v) is 8.55. The van der Waals surface area contributed by atoms with E-state index in [1.165, 1.54) is 29.2 Å². The number of rotatable bonds is 6. The SMILES string of the molecule is CCc1cccc(NC(=O)c2cc(Oc3cnc(C)nc3)cn(C=N)c2=N)n1. The Morgan fingerprint density at radius 2 is 2.04 bits per heavy atom. The minimum atomic E-state index is -0.521. The first-order chi connectivity index (χ1) is 13.5. The lowest BCUT2D eigenvalue weighted by molar-refractivity contribution is 0.102. The minimum absolute atomic E-state index is 0.0396. The third-order valence-corrected chi connectivity index (χ3v) is 3.85. The van der Waals surface area contributed by atoms with E-state index in [-0.39, 0.29) is 16.8 Å². The van der Waals surface area contributed by atoms with E-state index in [2.05, 4.69) is 20.3 Å². The maximum atomic E-state index is 12.7. The van der Waals surface area contributed by atoms with E-state index in [4.69, 9.17) is 15.6 Å². The smallest absolute Gasteiger partial charge is 0.260 e. The highest BCUT2D eigenvalue weighted by Gasteiger charge is 2.14. The number of nitrogens with one attached hydrogen (secondary N) is 3. The molecule has 0 fully saturated rings. The number of anilines is 1. The maximum absolute atomic E-state index is 12.7. The van der Waals surface area contributed by atoms with Gasteiger partial charge in [-0.2, -0.15) is 0 Å². The monoisotopic (exact) mass is 377 g/mol. The summed E-state index contributed by atoms with van der Waals surface area (Å²) in [6.07, 6.45) is 6.11. The van der Waals surface area contributed by atoms with Crippen LogP contribution in [0.2, 0.25) is 0 Å². The number of hydrogen-bond acceptors (Lipinski definition) is 7. The van der Waals surface area contributed by atoms with Gasteiger partial charge in [-0.15, -0.1) is 0 Å². The van der Waals surface area contributed by atoms with E-state index in [9.17, 15) is 4.79 Å². The summed E-state index contributed by atoms with van der Waals surface area (Å²) in [7, 11) is 0. The molecule has 0 aliphatic rings. The molecule has 0 spiro atoms. The van der Waals surface area contributed by atoms with Gasteiger partial charge < -0.3 is 10.1 Å². The molecule has 0 bridgehead atoms. The third kappa shape index (κ3) is 4.26. The molecule has 0 aliphatic carbocycles. The van der Waals surface area contributed by atoms with Crippen LogP contribution in [0.5, 0.6) is 11.5 Å². The second-order valence-corrected chi connectivity index (χ2v) is 5.86. The second-order valence-electron chi connectivity index (χ2n) is 5.86. The molecule has 9 heteroatoms. The van der Waals surface area contributed by atoms with Crippen molar-refractivity contribution in [3.63, 3.8) is 0 Å². The quantitative estimate of drug-likeness (QED) is 0.449. The molecule has 0 atom stereocenters. The van der Waals surface area contributed by atoms with Crippen molar-refractivity contribution >= 4 is 18.1 Å². The van der Waals surface area contributed by atoms with Gasteiger partial charge in [-0.05, 0) is 31.5 Å². The molecule has 0 radical (unpaired) electrons. The predicted octanol–water partition coefficient (Wildman–Crippen LogP) is 2.52. The zero-order chi connectivity index (χ0) is 20.1. The number of hydrogen-bond donors (Lipinski definition) is 3. The van der Waals surface area contributed by atoms with Gasteiger partial charge in [0.25, 0.3) is 5.91 Å². The number of pyridine rings is 2. The Bertz CT molecular complexity index is 1070. The van der Waals surface area contributed by atoms with Crippen molar-refractivity contribution in [3.05, 3.63) is 65.4 Å². The standard InChI is InChI=1S/C19H19N7O2/c1-3-13-5-4-6-17(24-13)25-19(27)16-7-14(10-26(11-20)18(16)21)28-15-8-22-12(2)23-9-15/h4-11,20-21H,3H2,1-2H3,(H,24,25,27). The molecule has 0 aliphatic heterocycles. The van der Waals surface area contributed by atoms with Gasteiger partial charge in [0, 0.05) is 5.69 Å². The van der Waals surface area contributed by atoms with E-state index >= 15 is 0 Å². The zero-order valence-electron chi connectivity index (χ0n) is 15.4. The highest BCUT2D eigenvalue weighted by Crippen LogP contribution is 2.20. The molecular weight excluding hydrogens is 358 g/mol. The summed E-state index contributed by atoms with van der Waals surface area (Å²) < 4.78 is 6.86. The number of carbonyl (C=O) groups is 1. The molecule has 28 heavy (non-hydrogen) atoms. The lowest BCUT2D eigenvalue weighted by Gasteiger charge is -2.11. The highest BCUT2D eigenvalue weighted by molar-refractivity contribution is 6.03. The Morgan fingerprint density at radius 1 is 1.29 bits per heavy atom. The van der Waals surface area contributed by atoms with Crippen molar-refractivity contribution in [3.8, 4) is 11.5 Å². The first kappa shape index (κ1) is 18.9. The average Bonchev–Trinajstić information content (AvgIpc) is 2.70. The van der Waals surface area contributed by atoms with E-state index in [0.717, 1.165) is 18.5 Å². The van der Waals surface area contributed by atoms with Crippen LogP contribution in [0.25, 0.3) is 0 Å². The van der Waals surface area contributed by atoms with Crippen LogP contribution in [0, 0.1) is 17.7 Å². The maximum Gasteiger partial charge on any atom is 0.260 e. The Balaban J connectivity index is 1.92. The lowest BCUT2D eigenvalue weighted by atomic mass is 10.2. The molecule has 3 N–H and O–H groups in total. The van der Waals surface area contributed by atoms with Crippen LogP contribution in [0.3, 0.4) is 0 Å². The molecule has 142 valence electrons. The molecule has 0 unspecified atom stereocenters. The predicted molar refractivity (Wildman–Crippen MR) is 103 cm³/mol. The van der Waals surface area contributed by atoms with Gasteiger partial charge in [-0.1, -0.05) is 13.0 Å². The van der Waals surface area contributed by atoms with Gasteiger partial charge in [0.1, 0.15) is 22.9 Å². The number of ether oxygens (including phenoxy) is 1. The largest absolute Gasteiger partial charge is 0.453 e. The molecule has 0 saturated heterocycles. The number of carbonyl (C=O) groups excluding carboxylic acids is 1. The van der Waals surface area contributed by atoms with Crippen molar-refractivity contribution in [2.45, 2.75) is 20.3 Å². The van der Waals surface area contributed by atoms with Crippen LogP contribution < -0.4 is 15.5 Å². The van der Waals surface area contributed by atoms with Crippen LogP contribution in [0.15, 0.2) is 42.9 Å². The first-order valence-electron chi connectivity index (χ1n) is 8.55. The summed E-state index contributed by atoms with van der Waals surface area (Å²) in [5.74, 6) is 1.12. The van der Waals surface area contributed by atoms with Crippen molar-refractivity contribution < 1.29 is 9.53 Å². The number of nitrogens with zero attached hydrogens (tertiary/aromatic N) is 4. The summed E-state index contributed by atoms with van der Waals surface area (Å²) in [6.45, 7) is 3.73. The van der Waals surface area contributed by atoms with Gasteiger partial charge in [0.05, 0.1) is 30.5 Å². The van der Waals surface area contributed by atoms with Crippen LogP contribution in [0.1, 0.15) is 28.8 Å². The van der Waals surface area contributed by atoms with Gasteiger partial charge in [0.2, 0.25) is 0 Å². The molecule has 1 amide bonds. The summed E-state index contributed by atoms with van der Waals surface area (Å²) in [6, 6.07) is 6.78. The fraction of sp³-hybridized carbons (Fsp3) is 0.158. The Hall–Kier alpha value is -3.88. The fourth-order valence-corrected chi connectivity index (χ4v) is 2.42. The van der Waals surface area contributed by atoms with Crippen molar-refractivity contribution in [2.24, 2.45) is 0 Å².